The number of halogens is 2. The minimum absolute atomic E-state index is 0.157. The smallest absolute Gasteiger partial charge is 0.224 e. The molecule has 1 saturated heterocycles. The molecule has 162 valence electrons. The molecule has 5 nitrogen and oxygen atoms in total. The quantitative estimate of drug-likeness (QED) is 0.562. The number of aromatic nitrogens is 2. The summed E-state index contributed by atoms with van der Waals surface area (Å²) in [6, 6.07) is 12.6. The number of carbonyl (C=O) groups excluding carboxylic acids is 1. The Kier molecular flexibility index (Phi) is 6.72. The number of piperidine rings is 1. The minimum Gasteiger partial charge on any atom is -0.324 e. The molecule has 1 amide bonds. The highest BCUT2D eigenvalue weighted by Crippen LogP contribution is 2.26. The van der Waals surface area contributed by atoms with Crippen LogP contribution >= 0.6 is 0 Å². The summed E-state index contributed by atoms with van der Waals surface area (Å²) < 4.78 is 26.9. The van der Waals surface area contributed by atoms with E-state index in [1.807, 2.05) is 6.20 Å². The van der Waals surface area contributed by atoms with Gasteiger partial charge in [-0.15, -0.1) is 0 Å². The maximum absolute atomic E-state index is 13.7. The maximum atomic E-state index is 13.7. The second-order valence-corrected chi connectivity index (χ2v) is 8.09. The van der Waals surface area contributed by atoms with E-state index >= 15 is 0 Å². The number of nitrogens with one attached hydrogen (secondary N) is 2. The van der Waals surface area contributed by atoms with E-state index in [0.717, 1.165) is 55.7 Å². The SMILES string of the molecule is O=C(CC[C@@H]1CCCN(Cc2cn[nH]c2-c2ccc(F)cc2)C1)Nc1ccccc1F. The van der Waals surface area contributed by atoms with Gasteiger partial charge >= 0.3 is 0 Å². The number of anilines is 1. The largest absolute Gasteiger partial charge is 0.324 e. The van der Waals surface area contributed by atoms with Gasteiger partial charge in [-0.3, -0.25) is 14.8 Å². The second kappa shape index (κ2) is 9.83. The van der Waals surface area contributed by atoms with Crippen molar-refractivity contribution in [1.29, 1.82) is 0 Å². The lowest BCUT2D eigenvalue weighted by atomic mass is 9.93. The maximum Gasteiger partial charge on any atom is 0.224 e. The van der Waals surface area contributed by atoms with E-state index in [1.54, 1.807) is 30.3 Å². The number of benzene rings is 2. The monoisotopic (exact) mass is 424 g/mol. The van der Waals surface area contributed by atoms with Crippen molar-refractivity contribution in [2.24, 2.45) is 5.92 Å². The van der Waals surface area contributed by atoms with Gasteiger partial charge < -0.3 is 5.32 Å². The molecule has 1 fully saturated rings. The number of amides is 1. The predicted octanol–water partition coefficient (Wildman–Crippen LogP) is 4.99. The Morgan fingerprint density at radius 1 is 1.16 bits per heavy atom. The molecule has 7 heteroatoms. The van der Waals surface area contributed by atoms with Crippen molar-refractivity contribution in [3.63, 3.8) is 0 Å². The summed E-state index contributed by atoms with van der Waals surface area (Å²) in [5.74, 6) is -0.420. The van der Waals surface area contributed by atoms with Gasteiger partial charge in [-0.2, -0.15) is 5.10 Å². The number of nitrogens with zero attached hydrogens (tertiary/aromatic N) is 2. The van der Waals surface area contributed by atoms with E-state index in [4.69, 9.17) is 0 Å². The molecule has 0 spiro atoms. The van der Waals surface area contributed by atoms with Crippen LogP contribution in [0.1, 0.15) is 31.2 Å². The fourth-order valence-corrected chi connectivity index (χ4v) is 4.18. The highest BCUT2D eigenvalue weighted by atomic mass is 19.1. The van der Waals surface area contributed by atoms with Crippen LogP contribution in [0.5, 0.6) is 0 Å². The molecule has 31 heavy (non-hydrogen) atoms. The Bertz CT molecular complexity index is 1020. The van der Waals surface area contributed by atoms with Crippen LogP contribution in [0, 0.1) is 17.6 Å². The summed E-state index contributed by atoms with van der Waals surface area (Å²) >= 11 is 0. The van der Waals surface area contributed by atoms with Gasteiger partial charge in [0.25, 0.3) is 0 Å². The highest BCUT2D eigenvalue weighted by Gasteiger charge is 2.22. The van der Waals surface area contributed by atoms with Crippen LogP contribution in [0.15, 0.2) is 54.7 Å². The third-order valence-electron chi connectivity index (χ3n) is 5.78. The number of aromatic amines is 1. The number of hydrogen-bond acceptors (Lipinski definition) is 3. The molecular formula is C24H26F2N4O. The zero-order valence-corrected chi connectivity index (χ0v) is 17.3. The van der Waals surface area contributed by atoms with Gasteiger partial charge in [0, 0.05) is 30.6 Å². The molecule has 0 saturated carbocycles. The third-order valence-corrected chi connectivity index (χ3v) is 5.78. The third kappa shape index (κ3) is 5.55. The molecule has 1 aliphatic heterocycles. The molecule has 4 rings (SSSR count). The van der Waals surface area contributed by atoms with Crippen LogP contribution in [-0.4, -0.2) is 34.1 Å². The molecule has 0 aliphatic carbocycles. The van der Waals surface area contributed by atoms with Gasteiger partial charge in [-0.25, -0.2) is 8.78 Å². The fraction of sp³-hybridized carbons (Fsp3) is 0.333. The summed E-state index contributed by atoms with van der Waals surface area (Å²) in [7, 11) is 0. The summed E-state index contributed by atoms with van der Waals surface area (Å²) in [6.07, 6.45) is 5.12. The average Bonchev–Trinajstić information content (AvgIpc) is 3.23. The number of carbonyl (C=O) groups is 1. The zero-order valence-electron chi connectivity index (χ0n) is 17.3. The lowest BCUT2D eigenvalue weighted by Crippen LogP contribution is -2.35. The Balaban J connectivity index is 1.30. The second-order valence-electron chi connectivity index (χ2n) is 8.09. The van der Waals surface area contributed by atoms with Crippen LogP contribution in [0.4, 0.5) is 14.5 Å². The number of hydrogen-bond donors (Lipinski definition) is 2. The van der Waals surface area contributed by atoms with Crippen molar-refractivity contribution in [2.45, 2.75) is 32.2 Å². The Labute approximate surface area is 180 Å². The van der Waals surface area contributed by atoms with Crippen LogP contribution in [-0.2, 0) is 11.3 Å². The van der Waals surface area contributed by atoms with Gasteiger partial charge in [0.05, 0.1) is 17.6 Å². The van der Waals surface area contributed by atoms with E-state index in [-0.39, 0.29) is 17.4 Å². The van der Waals surface area contributed by atoms with Crippen LogP contribution in [0.25, 0.3) is 11.3 Å². The molecule has 3 aromatic rings. The van der Waals surface area contributed by atoms with Gasteiger partial charge in [-0.05, 0) is 68.1 Å². The molecular weight excluding hydrogens is 398 g/mol. The standard InChI is InChI=1S/C24H26F2N4O/c25-20-10-8-18(9-11-20)24-19(14-27-29-24)16-30-13-3-4-17(15-30)7-12-23(31)28-22-6-2-1-5-21(22)26/h1-2,5-6,8-11,14,17H,3-4,7,12-13,15-16H2,(H,27,29)(H,28,31)/t17-/m0/s1. The molecule has 2 N–H and O–H groups in total. The zero-order chi connectivity index (χ0) is 21.6. The van der Waals surface area contributed by atoms with Crippen molar-refractivity contribution >= 4 is 11.6 Å². The Morgan fingerprint density at radius 2 is 1.97 bits per heavy atom. The molecule has 1 aromatic heterocycles. The van der Waals surface area contributed by atoms with Crippen LogP contribution in [0.2, 0.25) is 0 Å². The number of likely N-dealkylation sites (tertiary alicyclic amines) is 1. The Morgan fingerprint density at radius 3 is 2.77 bits per heavy atom. The number of H-pyrrole nitrogens is 1. The van der Waals surface area contributed by atoms with Crippen molar-refractivity contribution < 1.29 is 13.6 Å². The van der Waals surface area contributed by atoms with Crippen molar-refractivity contribution in [2.75, 3.05) is 18.4 Å². The molecule has 2 heterocycles. The van der Waals surface area contributed by atoms with E-state index in [9.17, 15) is 13.6 Å². The minimum atomic E-state index is -0.420. The summed E-state index contributed by atoms with van der Waals surface area (Å²) in [5, 5.41) is 9.87. The summed E-state index contributed by atoms with van der Waals surface area (Å²) in [5.41, 5.74) is 3.12. The van der Waals surface area contributed by atoms with E-state index in [0.29, 0.717) is 12.3 Å². The fourth-order valence-electron chi connectivity index (χ4n) is 4.18. The first-order valence-electron chi connectivity index (χ1n) is 10.6. The van der Waals surface area contributed by atoms with Crippen molar-refractivity contribution in [3.8, 4) is 11.3 Å². The van der Waals surface area contributed by atoms with Gasteiger partial charge in [0.15, 0.2) is 0 Å². The topological polar surface area (TPSA) is 61.0 Å². The first kappa shape index (κ1) is 21.2. The first-order chi connectivity index (χ1) is 15.1. The van der Waals surface area contributed by atoms with Gasteiger partial charge in [0.2, 0.25) is 5.91 Å². The lowest BCUT2D eigenvalue weighted by Gasteiger charge is -2.32. The average molecular weight is 424 g/mol. The molecule has 1 aliphatic rings. The molecule has 1 atom stereocenters. The normalized spacial score (nSPS) is 16.9. The molecule has 0 unspecified atom stereocenters. The van der Waals surface area contributed by atoms with Gasteiger partial charge in [-0.1, -0.05) is 12.1 Å². The molecule has 0 radical (unpaired) electrons. The van der Waals surface area contributed by atoms with Gasteiger partial charge in [0.1, 0.15) is 11.6 Å². The summed E-state index contributed by atoms with van der Waals surface area (Å²) in [4.78, 5) is 14.6. The highest BCUT2D eigenvalue weighted by molar-refractivity contribution is 5.90. The van der Waals surface area contributed by atoms with Crippen molar-refractivity contribution in [3.05, 3.63) is 71.9 Å². The Hall–Kier alpha value is -3.06. The van der Waals surface area contributed by atoms with Crippen LogP contribution in [0.3, 0.4) is 0 Å². The molecule has 0 bridgehead atoms. The van der Waals surface area contributed by atoms with Crippen molar-refractivity contribution in [1.82, 2.24) is 15.1 Å². The van der Waals surface area contributed by atoms with Crippen LogP contribution < -0.4 is 5.32 Å². The predicted molar refractivity (Wildman–Crippen MR) is 116 cm³/mol. The van der Waals surface area contributed by atoms with E-state index in [1.165, 1.54) is 18.2 Å². The molecule has 2 aromatic carbocycles. The number of rotatable bonds is 7. The number of para-hydroxylation sites is 1. The van der Waals surface area contributed by atoms with E-state index < -0.39 is 5.82 Å². The van der Waals surface area contributed by atoms with E-state index in [2.05, 4.69) is 20.4 Å². The first-order valence-corrected chi connectivity index (χ1v) is 10.6. The lowest BCUT2D eigenvalue weighted by molar-refractivity contribution is -0.116. The summed E-state index contributed by atoms with van der Waals surface area (Å²) in [6.45, 7) is 2.65.